The zero-order valence-corrected chi connectivity index (χ0v) is 17.4. The summed E-state index contributed by atoms with van der Waals surface area (Å²) in [5.41, 5.74) is 1.51. The minimum atomic E-state index is -1.10. The van der Waals surface area contributed by atoms with Gasteiger partial charge in [-0.15, -0.1) is 0 Å². The first kappa shape index (κ1) is 20.3. The van der Waals surface area contributed by atoms with Gasteiger partial charge in [0, 0.05) is 39.2 Å². The van der Waals surface area contributed by atoms with Crippen molar-refractivity contribution >= 4 is 17.2 Å². The Morgan fingerprint density at radius 1 is 1.23 bits per heavy atom. The maximum atomic E-state index is 11.8. The standard InChI is InChI=1S/C22H26N4O4/c1-22(26-8-10-30-11-9-26)13-15(14-6-4-5-7-18(14)27)19-20(24-22)17(25(2)3)12-16(23-19)21(28)29/h4-7,12,27H,8-11,13H2,1-3H3,(H,28,29)/t22-/m0/s1. The average molecular weight is 410 g/mol. The van der Waals surface area contributed by atoms with Crippen LogP contribution in [0.5, 0.6) is 5.75 Å². The summed E-state index contributed by atoms with van der Waals surface area (Å²) in [5, 5.41) is 21.4. The molecule has 1 aromatic heterocycles. The summed E-state index contributed by atoms with van der Waals surface area (Å²) < 4.78 is 5.52. The molecule has 8 nitrogen and oxygen atoms in total. The van der Waals surface area contributed by atoms with Crippen molar-refractivity contribution in [3.8, 4) is 5.75 Å². The molecule has 1 saturated heterocycles. The van der Waals surface area contributed by atoms with Gasteiger partial charge in [0.15, 0.2) is 5.69 Å². The predicted octanol–water partition coefficient (Wildman–Crippen LogP) is 0.822. The fourth-order valence-electron chi connectivity index (χ4n) is 4.17. The van der Waals surface area contributed by atoms with E-state index in [1.807, 2.05) is 31.1 Å². The lowest BCUT2D eigenvalue weighted by Crippen LogP contribution is -2.55. The highest BCUT2D eigenvalue weighted by Gasteiger charge is 2.37. The molecule has 1 aromatic carbocycles. The lowest BCUT2D eigenvalue weighted by Gasteiger charge is -2.42. The van der Waals surface area contributed by atoms with E-state index in [4.69, 9.17) is 9.73 Å². The fraction of sp³-hybridized carbons (Fsp3) is 0.409. The highest BCUT2D eigenvalue weighted by Crippen LogP contribution is 2.34. The molecule has 3 heterocycles. The molecule has 8 heteroatoms. The zero-order chi connectivity index (χ0) is 21.5. The second-order valence-electron chi connectivity index (χ2n) is 8.02. The molecule has 2 aliphatic rings. The molecule has 0 saturated carbocycles. The average Bonchev–Trinajstić information content (AvgIpc) is 2.73. The van der Waals surface area contributed by atoms with Crippen LogP contribution in [0.1, 0.15) is 29.4 Å². The number of anilines is 1. The van der Waals surface area contributed by atoms with Crippen LogP contribution < -0.4 is 15.6 Å². The lowest BCUT2D eigenvalue weighted by molar-refractivity contribution is -0.0136. The van der Waals surface area contributed by atoms with Gasteiger partial charge in [-0.25, -0.2) is 9.78 Å². The quantitative estimate of drug-likeness (QED) is 0.770. The molecule has 0 radical (unpaired) electrons. The fourth-order valence-corrected chi connectivity index (χ4v) is 4.17. The number of morpholine rings is 1. The maximum absolute atomic E-state index is 11.8. The molecule has 4 rings (SSSR count). The third-order valence-electron chi connectivity index (χ3n) is 5.75. The molecule has 0 aliphatic carbocycles. The Kier molecular flexibility index (Phi) is 5.21. The van der Waals surface area contributed by atoms with E-state index in [0.29, 0.717) is 41.6 Å². The van der Waals surface area contributed by atoms with Gasteiger partial charge in [0.25, 0.3) is 0 Å². The van der Waals surface area contributed by atoms with Crippen LogP contribution in [0.3, 0.4) is 0 Å². The highest BCUT2D eigenvalue weighted by molar-refractivity contribution is 5.87. The minimum absolute atomic E-state index is 0.0458. The minimum Gasteiger partial charge on any atom is -0.507 e. The summed E-state index contributed by atoms with van der Waals surface area (Å²) in [6, 6.07) is 8.64. The number of pyridine rings is 1. The Labute approximate surface area is 174 Å². The van der Waals surface area contributed by atoms with Crippen molar-refractivity contribution < 1.29 is 19.7 Å². The Bertz CT molecular complexity index is 1110. The van der Waals surface area contributed by atoms with Gasteiger partial charge in [0.2, 0.25) is 0 Å². The molecule has 1 atom stereocenters. The number of carboxylic acids is 1. The molecule has 1 fully saturated rings. The lowest BCUT2D eigenvalue weighted by atomic mass is 9.90. The number of nitrogens with zero attached hydrogens (tertiary/aromatic N) is 4. The van der Waals surface area contributed by atoms with Crippen LogP contribution in [0.25, 0.3) is 5.57 Å². The largest absolute Gasteiger partial charge is 0.507 e. The van der Waals surface area contributed by atoms with Crippen molar-refractivity contribution in [2.75, 3.05) is 45.3 Å². The van der Waals surface area contributed by atoms with E-state index in [1.54, 1.807) is 18.2 Å². The van der Waals surface area contributed by atoms with Crippen LogP contribution in [0.4, 0.5) is 5.69 Å². The smallest absolute Gasteiger partial charge is 0.354 e. The molecule has 2 aromatic rings. The Balaban J connectivity index is 2.06. The first-order chi connectivity index (χ1) is 14.3. The summed E-state index contributed by atoms with van der Waals surface area (Å²) in [6.07, 6.45) is 0.501. The summed E-state index contributed by atoms with van der Waals surface area (Å²) in [7, 11) is 3.72. The first-order valence-electron chi connectivity index (χ1n) is 9.96. The van der Waals surface area contributed by atoms with Gasteiger partial charge in [-0.05, 0) is 24.6 Å². The first-order valence-corrected chi connectivity index (χ1v) is 9.96. The van der Waals surface area contributed by atoms with E-state index in [2.05, 4.69) is 16.8 Å². The summed E-state index contributed by atoms with van der Waals surface area (Å²) in [4.78, 5) is 25.4. The molecule has 0 unspecified atom stereocenters. The molecular formula is C22H26N4O4. The number of carbonyl (C=O) groups is 1. The van der Waals surface area contributed by atoms with E-state index >= 15 is 0 Å². The van der Waals surface area contributed by atoms with Gasteiger partial charge in [-0.2, -0.15) is 0 Å². The van der Waals surface area contributed by atoms with E-state index in [-0.39, 0.29) is 11.4 Å². The van der Waals surface area contributed by atoms with Crippen molar-refractivity contribution in [1.29, 1.82) is 0 Å². The zero-order valence-electron chi connectivity index (χ0n) is 17.4. The van der Waals surface area contributed by atoms with E-state index in [9.17, 15) is 15.0 Å². The van der Waals surface area contributed by atoms with Gasteiger partial charge < -0.3 is 19.8 Å². The third-order valence-corrected chi connectivity index (χ3v) is 5.75. The number of phenolic OH excluding ortho intramolecular Hbond substituents is 1. The van der Waals surface area contributed by atoms with Gasteiger partial charge in [-0.1, -0.05) is 18.2 Å². The number of aromatic carboxylic acids is 1. The van der Waals surface area contributed by atoms with Crippen molar-refractivity contribution in [3.63, 3.8) is 0 Å². The number of rotatable bonds is 4. The van der Waals surface area contributed by atoms with Gasteiger partial charge in [0.1, 0.15) is 16.8 Å². The van der Waals surface area contributed by atoms with Crippen LogP contribution in [0, 0.1) is 0 Å². The van der Waals surface area contributed by atoms with Crippen LogP contribution in [0.2, 0.25) is 0 Å². The normalized spacial score (nSPS) is 21.6. The number of benzene rings is 1. The van der Waals surface area contributed by atoms with Crippen LogP contribution in [0.15, 0.2) is 35.3 Å². The van der Waals surface area contributed by atoms with Crippen molar-refractivity contribution in [3.05, 3.63) is 52.3 Å². The summed E-state index contributed by atoms with van der Waals surface area (Å²) in [5.74, 6) is -0.961. The topological polar surface area (TPSA) is 98.5 Å². The molecule has 158 valence electrons. The Morgan fingerprint density at radius 3 is 2.57 bits per heavy atom. The number of aromatic hydroxyl groups is 1. The number of ether oxygens (including phenoxy) is 1. The van der Waals surface area contributed by atoms with Crippen molar-refractivity contribution in [1.82, 2.24) is 9.88 Å². The highest BCUT2D eigenvalue weighted by atomic mass is 16.5. The van der Waals surface area contributed by atoms with Gasteiger partial charge in [-0.3, -0.25) is 9.89 Å². The number of carboxylic acid groups (broad SMARTS) is 1. The summed E-state index contributed by atoms with van der Waals surface area (Å²) in [6.45, 7) is 4.86. The van der Waals surface area contributed by atoms with Crippen molar-refractivity contribution in [2.24, 2.45) is 4.99 Å². The van der Waals surface area contributed by atoms with Gasteiger partial charge >= 0.3 is 5.97 Å². The Morgan fingerprint density at radius 2 is 1.93 bits per heavy atom. The van der Waals surface area contributed by atoms with Crippen molar-refractivity contribution in [2.45, 2.75) is 19.0 Å². The van der Waals surface area contributed by atoms with E-state index in [0.717, 1.165) is 18.7 Å². The SMILES string of the molecule is CN(C)c1cc(C(=O)O)nc2c1=N[C@@](C)(N1CCOCC1)CC=2c1ccccc1O. The molecule has 0 spiro atoms. The number of fused-ring (bicyclic) bond motifs is 1. The Hall–Kier alpha value is -2.97. The molecule has 30 heavy (non-hydrogen) atoms. The number of hydrogen-bond donors (Lipinski definition) is 2. The molecular weight excluding hydrogens is 384 g/mol. The van der Waals surface area contributed by atoms with E-state index in [1.165, 1.54) is 0 Å². The third kappa shape index (κ3) is 3.53. The molecule has 0 bridgehead atoms. The number of aromatic nitrogens is 1. The van der Waals surface area contributed by atoms with E-state index < -0.39 is 11.6 Å². The van der Waals surface area contributed by atoms with Crippen LogP contribution >= 0.6 is 0 Å². The second kappa shape index (κ2) is 7.70. The van der Waals surface area contributed by atoms with Crippen LogP contribution in [-0.2, 0) is 4.74 Å². The number of para-hydroxylation sites is 1. The molecule has 2 N–H and O–H groups in total. The number of phenols is 1. The number of hydrogen-bond acceptors (Lipinski definition) is 7. The molecule has 0 amide bonds. The van der Waals surface area contributed by atoms with Gasteiger partial charge in [0.05, 0.1) is 24.3 Å². The summed E-state index contributed by atoms with van der Waals surface area (Å²) >= 11 is 0. The maximum Gasteiger partial charge on any atom is 0.354 e. The monoisotopic (exact) mass is 410 g/mol. The second-order valence-corrected chi connectivity index (χ2v) is 8.02. The molecule has 2 aliphatic heterocycles. The predicted molar refractivity (Wildman–Crippen MR) is 112 cm³/mol. The van der Waals surface area contributed by atoms with Crippen LogP contribution in [-0.4, -0.2) is 72.1 Å².